The van der Waals surface area contributed by atoms with E-state index >= 15 is 4.39 Å². The lowest BCUT2D eigenvalue weighted by Gasteiger charge is -2.32. The number of benzene rings is 2. The number of ether oxygens (including phenoxy) is 2. The number of halogens is 1. The van der Waals surface area contributed by atoms with Crippen LogP contribution in [0, 0.1) is 5.82 Å². The Hall–Kier alpha value is -4.97. The third kappa shape index (κ3) is 6.35. The normalized spacial score (nSPS) is 17.0. The molecule has 1 atom stereocenters. The molecule has 2 aliphatic rings. The number of amides is 1. The van der Waals surface area contributed by atoms with Crippen molar-refractivity contribution >= 4 is 39.8 Å². The zero-order chi connectivity index (χ0) is 30.6. The van der Waals surface area contributed by atoms with E-state index in [1.54, 1.807) is 42.5 Å². The Bertz CT molecular complexity index is 1680. The van der Waals surface area contributed by atoms with Gasteiger partial charge in [-0.1, -0.05) is 6.58 Å². The predicted molar refractivity (Wildman–Crippen MR) is 166 cm³/mol. The van der Waals surface area contributed by atoms with Crippen LogP contribution in [0.4, 0.5) is 27.4 Å². The van der Waals surface area contributed by atoms with Crippen LogP contribution in [-0.4, -0.2) is 76.3 Å². The molecular weight excluding hydrogens is 565 g/mol. The number of hydrogen-bond donors (Lipinski definition) is 3. The molecule has 4 heterocycles. The fourth-order valence-electron chi connectivity index (χ4n) is 5.57. The molecule has 2 aromatic heterocycles. The van der Waals surface area contributed by atoms with E-state index in [4.69, 9.17) is 9.47 Å². The molecule has 44 heavy (non-hydrogen) atoms. The van der Waals surface area contributed by atoms with Crippen molar-refractivity contribution in [2.45, 2.75) is 31.4 Å². The van der Waals surface area contributed by atoms with Gasteiger partial charge in [-0.3, -0.25) is 4.79 Å². The molecule has 3 N–H and O–H groups in total. The van der Waals surface area contributed by atoms with E-state index in [1.165, 1.54) is 18.5 Å². The molecule has 2 aromatic carbocycles. The van der Waals surface area contributed by atoms with Crippen LogP contribution in [0.2, 0.25) is 0 Å². The number of hydrogen-bond acceptors (Lipinski definition) is 10. The molecule has 4 aromatic rings. The zero-order valence-electron chi connectivity index (χ0n) is 24.4. The van der Waals surface area contributed by atoms with Gasteiger partial charge in [0, 0.05) is 62.0 Å². The maximum absolute atomic E-state index is 15.3. The van der Waals surface area contributed by atoms with Crippen LogP contribution in [0.15, 0.2) is 67.6 Å². The van der Waals surface area contributed by atoms with Crippen LogP contribution >= 0.6 is 0 Å². The molecule has 0 spiro atoms. The molecule has 2 saturated heterocycles. The highest BCUT2D eigenvalue weighted by Gasteiger charge is 2.23. The number of aliphatic hydroxyl groups excluding tert-OH is 1. The summed E-state index contributed by atoms with van der Waals surface area (Å²) in [4.78, 5) is 28.9. The number of carbonyl (C=O) groups is 1. The quantitative estimate of drug-likeness (QED) is 0.230. The van der Waals surface area contributed by atoms with Gasteiger partial charge in [-0.15, -0.1) is 0 Å². The molecule has 0 bridgehead atoms. The van der Waals surface area contributed by atoms with Crippen molar-refractivity contribution in [1.29, 1.82) is 0 Å². The number of methoxy groups -OCH3 is 1. The zero-order valence-corrected chi connectivity index (χ0v) is 24.4. The van der Waals surface area contributed by atoms with Gasteiger partial charge in [-0.25, -0.2) is 19.3 Å². The van der Waals surface area contributed by atoms with Crippen LogP contribution in [0.3, 0.4) is 0 Å². The molecule has 0 saturated carbocycles. The second-order valence-corrected chi connectivity index (χ2v) is 10.8. The number of nitrogens with zero attached hydrogens (tertiary/aromatic N) is 5. The predicted octanol–water partition coefficient (Wildman–Crippen LogP) is 4.87. The van der Waals surface area contributed by atoms with E-state index in [0.29, 0.717) is 72.4 Å². The van der Waals surface area contributed by atoms with E-state index in [9.17, 15) is 9.90 Å². The lowest BCUT2D eigenvalue weighted by molar-refractivity contribution is -0.126. The van der Waals surface area contributed by atoms with Crippen LogP contribution in [0.25, 0.3) is 10.9 Å². The lowest BCUT2D eigenvalue weighted by Crippen LogP contribution is -2.41. The average Bonchev–Trinajstić information content (AvgIpc) is 3.48. The molecule has 0 aliphatic carbocycles. The van der Waals surface area contributed by atoms with Gasteiger partial charge in [0.15, 0.2) is 0 Å². The number of nitrogens with one attached hydrogen (secondary N) is 2. The molecule has 228 valence electrons. The summed E-state index contributed by atoms with van der Waals surface area (Å²) in [6.45, 7) is 6.08. The first-order valence-corrected chi connectivity index (χ1v) is 14.5. The van der Waals surface area contributed by atoms with Crippen LogP contribution in [-0.2, 0) is 4.79 Å². The fourth-order valence-corrected chi connectivity index (χ4v) is 5.57. The lowest BCUT2D eigenvalue weighted by atomic mass is 10.0. The van der Waals surface area contributed by atoms with Gasteiger partial charge in [0.2, 0.25) is 5.91 Å². The molecule has 2 fully saturated rings. The minimum Gasteiger partial charge on any atom is -0.495 e. The van der Waals surface area contributed by atoms with Gasteiger partial charge in [-0.05, 0) is 49.6 Å². The minimum atomic E-state index is -0.515. The van der Waals surface area contributed by atoms with E-state index in [-0.39, 0.29) is 23.7 Å². The SMILES string of the molecule is C=CC(=O)N1CCC(Nc2cc3c(Nc4ccc(Oc5ccnc(N6CC[C@@H](O)C6)c5)cc4F)ncnc3cc2OC)CC1. The summed E-state index contributed by atoms with van der Waals surface area (Å²) >= 11 is 0. The van der Waals surface area contributed by atoms with Crippen molar-refractivity contribution in [3.63, 3.8) is 0 Å². The Kier molecular flexibility index (Phi) is 8.42. The van der Waals surface area contributed by atoms with Gasteiger partial charge < -0.3 is 35.0 Å². The maximum Gasteiger partial charge on any atom is 0.245 e. The summed E-state index contributed by atoms with van der Waals surface area (Å²) in [5, 5.41) is 17.2. The largest absolute Gasteiger partial charge is 0.495 e. The summed E-state index contributed by atoms with van der Waals surface area (Å²) < 4.78 is 26.9. The molecule has 1 amide bonds. The number of aliphatic hydroxyl groups is 1. The minimum absolute atomic E-state index is 0.0584. The number of anilines is 4. The van der Waals surface area contributed by atoms with Crippen molar-refractivity contribution in [3.05, 3.63) is 73.5 Å². The third-order valence-corrected chi connectivity index (χ3v) is 7.93. The molecule has 11 nitrogen and oxygen atoms in total. The third-order valence-electron chi connectivity index (χ3n) is 7.93. The molecular formula is C32H34FN7O4. The van der Waals surface area contributed by atoms with E-state index in [1.807, 2.05) is 17.0 Å². The van der Waals surface area contributed by atoms with Crippen molar-refractivity contribution < 1.29 is 23.8 Å². The number of likely N-dealkylation sites (tertiary alicyclic amines) is 1. The molecule has 0 radical (unpaired) electrons. The number of β-amino-alcohol motifs (C(OH)–C–C–N with tert-alkyl or cyclic N) is 1. The highest BCUT2D eigenvalue weighted by Crippen LogP contribution is 2.35. The fraction of sp³-hybridized carbons (Fsp3) is 0.312. The van der Waals surface area contributed by atoms with Crippen molar-refractivity contribution in [3.8, 4) is 17.2 Å². The molecule has 0 unspecified atom stereocenters. The highest BCUT2D eigenvalue weighted by atomic mass is 19.1. The Labute approximate surface area is 254 Å². The van der Waals surface area contributed by atoms with E-state index in [2.05, 4.69) is 32.2 Å². The van der Waals surface area contributed by atoms with Gasteiger partial charge in [0.05, 0.1) is 30.1 Å². The second-order valence-electron chi connectivity index (χ2n) is 10.8. The first-order valence-electron chi connectivity index (χ1n) is 14.5. The first kappa shape index (κ1) is 29.1. The van der Waals surface area contributed by atoms with E-state index in [0.717, 1.165) is 18.5 Å². The average molecular weight is 600 g/mol. The Morgan fingerprint density at radius 3 is 2.59 bits per heavy atom. The van der Waals surface area contributed by atoms with Crippen molar-refractivity contribution in [1.82, 2.24) is 19.9 Å². The number of carbonyl (C=O) groups excluding carboxylic acids is 1. The maximum atomic E-state index is 15.3. The van der Waals surface area contributed by atoms with Crippen LogP contribution in [0.1, 0.15) is 19.3 Å². The Morgan fingerprint density at radius 1 is 1.05 bits per heavy atom. The second kappa shape index (κ2) is 12.7. The number of rotatable bonds is 9. The monoisotopic (exact) mass is 599 g/mol. The molecule has 2 aliphatic heterocycles. The van der Waals surface area contributed by atoms with Gasteiger partial charge in [0.1, 0.15) is 41.0 Å². The summed E-state index contributed by atoms with van der Waals surface area (Å²) in [6, 6.07) is 11.9. The number of aromatic nitrogens is 3. The van der Waals surface area contributed by atoms with Crippen LogP contribution in [0.5, 0.6) is 17.2 Å². The van der Waals surface area contributed by atoms with Gasteiger partial charge in [0.25, 0.3) is 0 Å². The molecule has 12 heteroatoms. The Balaban J connectivity index is 1.18. The van der Waals surface area contributed by atoms with Crippen molar-refractivity contribution in [2.24, 2.45) is 0 Å². The number of piperidine rings is 1. The Morgan fingerprint density at radius 2 is 1.86 bits per heavy atom. The number of pyridine rings is 1. The van der Waals surface area contributed by atoms with Crippen LogP contribution < -0.4 is 25.0 Å². The number of fused-ring (bicyclic) bond motifs is 1. The summed E-state index contributed by atoms with van der Waals surface area (Å²) in [5.41, 5.74) is 1.62. The standard InChI is InChI=1S/C32H34FN7O4/c1-3-31(42)39-11-7-20(8-12-39)37-28-16-24-27(17-29(28)43-2)35-19-36-32(24)38-26-5-4-22(14-25(26)33)44-23-6-10-34-30(15-23)40-13-9-21(41)18-40/h3-6,10,14-17,19-21,37,41H,1,7-9,11-13,18H2,2H3,(H,35,36,38)/t21-/m1/s1. The van der Waals surface area contributed by atoms with Gasteiger partial charge >= 0.3 is 0 Å². The van der Waals surface area contributed by atoms with Gasteiger partial charge in [-0.2, -0.15) is 0 Å². The van der Waals surface area contributed by atoms with E-state index < -0.39 is 5.82 Å². The summed E-state index contributed by atoms with van der Waals surface area (Å²) in [7, 11) is 1.60. The first-order chi connectivity index (χ1) is 21.4. The molecule has 6 rings (SSSR count). The summed E-state index contributed by atoms with van der Waals surface area (Å²) in [5.74, 6) is 2.04. The summed E-state index contributed by atoms with van der Waals surface area (Å²) in [6.07, 6.45) is 6.27. The highest BCUT2D eigenvalue weighted by molar-refractivity contribution is 5.95. The smallest absolute Gasteiger partial charge is 0.245 e. The van der Waals surface area contributed by atoms with Crippen molar-refractivity contribution in [2.75, 3.05) is 48.8 Å². The topological polar surface area (TPSA) is 125 Å².